The Morgan fingerprint density at radius 3 is 3.04 bits per heavy atom. The molecule has 1 aromatic carbocycles. The van der Waals surface area contributed by atoms with Gasteiger partial charge in [-0.25, -0.2) is 0 Å². The van der Waals surface area contributed by atoms with Crippen LogP contribution in [0.25, 0.3) is 0 Å². The molecule has 5 nitrogen and oxygen atoms in total. The first-order chi connectivity index (χ1) is 11.1. The Labute approximate surface area is 140 Å². The average Bonchev–Trinajstić information content (AvgIpc) is 2.93. The number of carbonyl (C=O) groups excluding carboxylic acids is 1. The summed E-state index contributed by atoms with van der Waals surface area (Å²) in [5.74, 6) is 0.694. The molecule has 23 heavy (non-hydrogen) atoms. The van der Waals surface area contributed by atoms with Gasteiger partial charge in [0.25, 0.3) is 0 Å². The van der Waals surface area contributed by atoms with E-state index in [1.165, 1.54) is 0 Å². The molecule has 122 valence electrons. The molecule has 1 saturated heterocycles. The average molecular weight is 334 g/mol. The van der Waals surface area contributed by atoms with Crippen LogP contribution in [-0.2, 0) is 11.2 Å². The standard InChI is InChI=1S/C17H20ClN3O2/c1-12-9-14(20-23-12)10-17(22)19-13-5-4-8-21(11-13)16-7-3-2-6-15(16)18/h2-3,6-7,9,13H,4-5,8,10-11H2,1H3,(H,19,22)/t13-/m0/s1. The number of nitrogens with zero attached hydrogens (tertiary/aromatic N) is 2. The van der Waals surface area contributed by atoms with Crippen molar-refractivity contribution in [3.8, 4) is 0 Å². The second-order valence-corrected chi connectivity index (χ2v) is 6.32. The highest BCUT2D eigenvalue weighted by molar-refractivity contribution is 6.33. The number of rotatable bonds is 4. The topological polar surface area (TPSA) is 58.4 Å². The van der Waals surface area contributed by atoms with Gasteiger partial charge in [-0.05, 0) is 31.9 Å². The molecule has 1 aliphatic rings. The summed E-state index contributed by atoms with van der Waals surface area (Å²) >= 11 is 6.27. The fraction of sp³-hybridized carbons (Fsp3) is 0.412. The second-order valence-electron chi connectivity index (χ2n) is 5.91. The van der Waals surface area contributed by atoms with Gasteiger partial charge in [0, 0.05) is 25.2 Å². The van der Waals surface area contributed by atoms with Gasteiger partial charge >= 0.3 is 0 Å². The fourth-order valence-electron chi connectivity index (χ4n) is 2.97. The fourth-order valence-corrected chi connectivity index (χ4v) is 3.22. The van der Waals surface area contributed by atoms with Gasteiger partial charge in [0.15, 0.2) is 0 Å². The molecule has 1 N–H and O–H groups in total. The van der Waals surface area contributed by atoms with Crippen molar-refractivity contribution in [1.82, 2.24) is 10.5 Å². The van der Waals surface area contributed by atoms with E-state index >= 15 is 0 Å². The van der Waals surface area contributed by atoms with Gasteiger partial charge in [0.2, 0.25) is 5.91 Å². The van der Waals surface area contributed by atoms with Crippen molar-refractivity contribution < 1.29 is 9.32 Å². The molecule has 0 radical (unpaired) electrons. The number of halogens is 1. The van der Waals surface area contributed by atoms with Crippen LogP contribution in [0.3, 0.4) is 0 Å². The first-order valence-corrected chi connectivity index (χ1v) is 8.20. The summed E-state index contributed by atoms with van der Waals surface area (Å²) in [6.07, 6.45) is 2.25. The van der Waals surface area contributed by atoms with E-state index in [0.29, 0.717) is 5.69 Å². The number of piperidine rings is 1. The number of hydrogen-bond donors (Lipinski definition) is 1. The Morgan fingerprint density at radius 2 is 2.30 bits per heavy atom. The molecule has 1 atom stereocenters. The van der Waals surface area contributed by atoms with E-state index in [1.807, 2.05) is 31.2 Å². The zero-order chi connectivity index (χ0) is 16.2. The summed E-state index contributed by atoms with van der Waals surface area (Å²) in [5, 5.41) is 7.70. The van der Waals surface area contributed by atoms with Crippen LogP contribution in [-0.4, -0.2) is 30.2 Å². The molecular weight excluding hydrogens is 314 g/mol. The maximum atomic E-state index is 12.2. The third kappa shape index (κ3) is 4.05. The summed E-state index contributed by atoms with van der Waals surface area (Å²) in [5.41, 5.74) is 1.69. The molecule has 1 amide bonds. The van der Waals surface area contributed by atoms with Crippen molar-refractivity contribution in [3.05, 3.63) is 46.8 Å². The minimum Gasteiger partial charge on any atom is -0.368 e. The zero-order valence-corrected chi connectivity index (χ0v) is 13.8. The van der Waals surface area contributed by atoms with E-state index in [2.05, 4.69) is 15.4 Å². The molecule has 6 heteroatoms. The molecule has 0 saturated carbocycles. The van der Waals surface area contributed by atoms with Crippen LogP contribution in [0.2, 0.25) is 5.02 Å². The minimum atomic E-state index is -0.0238. The van der Waals surface area contributed by atoms with Crippen LogP contribution < -0.4 is 10.2 Å². The van der Waals surface area contributed by atoms with Crippen LogP contribution >= 0.6 is 11.6 Å². The predicted octanol–water partition coefficient (Wildman–Crippen LogP) is 2.96. The monoisotopic (exact) mass is 333 g/mol. The van der Waals surface area contributed by atoms with E-state index < -0.39 is 0 Å². The van der Waals surface area contributed by atoms with E-state index in [9.17, 15) is 4.79 Å². The second kappa shape index (κ2) is 7.04. The number of benzene rings is 1. The maximum Gasteiger partial charge on any atom is 0.226 e. The molecule has 0 unspecified atom stereocenters. The lowest BCUT2D eigenvalue weighted by Crippen LogP contribution is -2.48. The highest BCUT2D eigenvalue weighted by Crippen LogP contribution is 2.27. The van der Waals surface area contributed by atoms with Gasteiger partial charge in [-0.3, -0.25) is 4.79 Å². The Hall–Kier alpha value is -2.01. The molecule has 1 fully saturated rings. The van der Waals surface area contributed by atoms with Crippen LogP contribution in [0, 0.1) is 6.92 Å². The Balaban J connectivity index is 1.58. The molecule has 0 aliphatic carbocycles. The largest absolute Gasteiger partial charge is 0.368 e. The molecule has 2 aromatic rings. The molecule has 1 aliphatic heterocycles. The number of nitrogens with one attached hydrogen (secondary N) is 1. The van der Waals surface area contributed by atoms with Crippen LogP contribution in [0.1, 0.15) is 24.3 Å². The molecule has 1 aromatic heterocycles. The number of anilines is 1. The minimum absolute atomic E-state index is 0.0238. The summed E-state index contributed by atoms with van der Waals surface area (Å²) in [6, 6.07) is 9.74. The van der Waals surface area contributed by atoms with Gasteiger partial charge in [0.1, 0.15) is 5.76 Å². The lowest BCUT2D eigenvalue weighted by atomic mass is 10.0. The Kier molecular flexibility index (Phi) is 4.86. The number of aromatic nitrogens is 1. The number of para-hydroxylation sites is 1. The summed E-state index contributed by atoms with van der Waals surface area (Å²) in [6.45, 7) is 3.54. The molecule has 0 bridgehead atoms. The Bertz CT molecular complexity index is 686. The lowest BCUT2D eigenvalue weighted by molar-refractivity contribution is -0.121. The first kappa shape index (κ1) is 15.9. The SMILES string of the molecule is Cc1cc(CC(=O)N[C@H]2CCCN(c3ccccc3Cl)C2)no1. The number of carbonyl (C=O) groups is 1. The number of amides is 1. The zero-order valence-electron chi connectivity index (χ0n) is 13.1. The quantitative estimate of drug-likeness (QED) is 0.934. The van der Waals surface area contributed by atoms with Crippen molar-refractivity contribution in [2.75, 3.05) is 18.0 Å². The number of hydrogen-bond acceptors (Lipinski definition) is 4. The summed E-state index contributed by atoms with van der Waals surface area (Å²) in [7, 11) is 0. The number of aryl methyl sites for hydroxylation is 1. The van der Waals surface area contributed by atoms with Gasteiger partial charge < -0.3 is 14.7 Å². The third-order valence-electron chi connectivity index (χ3n) is 4.00. The van der Waals surface area contributed by atoms with Crippen molar-refractivity contribution in [1.29, 1.82) is 0 Å². The third-order valence-corrected chi connectivity index (χ3v) is 4.32. The predicted molar refractivity (Wildman–Crippen MR) is 89.8 cm³/mol. The molecular formula is C17H20ClN3O2. The van der Waals surface area contributed by atoms with Gasteiger partial charge in [0.05, 0.1) is 22.8 Å². The Morgan fingerprint density at radius 1 is 1.48 bits per heavy atom. The van der Waals surface area contributed by atoms with Crippen molar-refractivity contribution >= 4 is 23.2 Å². The van der Waals surface area contributed by atoms with Crippen molar-refractivity contribution in [2.24, 2.45) is 0 Å². The van der Waals surface area contributed by atoms with Crippen LogP contribution in [0.15, 0.2) is 34.9 Å². The normalized spacial score (nSPS) is 18.0. The molecule has 2 heterocycles. The molecule has 0 spiro atoms. The van der Waals surface area contributed by atoms with E-state index in [1.54, 1.807) is 6.07 Å². The van der Waals surface area contributed by atoms with Crippen LogP contribution in [0.5, 0.6) is 0 Å². The van der Waals surface area contributed by atoms with E-state index in [0.717, 1.165) is 42.4 Å². The van der Waals surface area contributed by atoms with Crippen molar-refractivity contribution in [3.63, 3.8) is 0 Å². The summed E-state index contributed by atoms with van der Waals surface area (Å²) < 4.78 is 4.99. The maximum absolute atomic E-state index is 12.2. The smallest absolute Gasteiger partial charge is 0.226 e. The van der Waals surface area contributed by atoms with Crippen molar-refractivity contribution in [2.45, 2.75) is 32.2 Å². The van der Waals surface area contributed by atoms with E-state index in [-0.39, 0.29) is 18.4 Å². The summed E-state index contributed by atoms with van der Waals surface area (Å²) in [4.78, 5) is 14.4. The lowest BCUT2D eigenvalue weighted by Gasteiger charge is -2.35. The highest BCUT2D eigenvalue weighted by atomic mass is 35.5. The van der Waals surface area contributed by atoms with E-state index in [4.69, 9.17) is 16.1 Å². The first-order valence-electron chi connectivity index (χ1n) is 7.83. The molecule has 3 rings (SSSR count). The van der Waals surface area contributed by atoms with Gasteiger partial charge in [-0.2, -0.15) is 0 Å². The van der Waals surface area contributed by atoms with Gasteiger partial charge in [-0.1, -0.05) is 28.9 Å². The highest BCUT2D eigenvalue weighted by Gasteiger charge is 2.23. The van der Waals surface area contributed by atoms with Gasteiger partial charge in [-0.15, -0.1) is 0 Å². The van der Waals surface area contributed by atoms with Crippen LogP contribution in [0.4, 0.5) is 5.69 Å².